The van der Waals surface area contributed by atoms with Crippen LogP contribution in [0.25, 0.3) is 11.1 Å². The van der Waals surface area contributed by atoms with Gasteiger partial charge in [0.25, 0.3) is 10.2 Å². The van der Waals surface area contributed by atoms with Crippen LogP contribution in [0.3, 0.4) is 0 Å². The average molecular weight is 807 g/mol. The lowest BCUT2D eigenvalue weighted by atomic mass is 9.98. The van der Waals surface area contributed by atoms with E-state index in [0.717, 1.165) is 28.2 Å². The number of aliphatic hydroxyl groups is 1. The number of esters is 1. The number of unbranched alkanes of at least 4 members (excludes halogenated alkanes) is 1. The molecule has 0 aliphatic rings. The molecule has 58 heavy (non-hydrogen) atoms. The second kappa shape index (κ2) is 20.4. The van der Waals surface area contributed by atoms with Crippen molar-refractivity contribution in [3.63, 3.8) is 0 Å². The number of rotatable bonds is 21. The van der Waals surface area contributed by atoms with Crippen molar-refractivity contribution < 1.29 is 48.8 Å². The number of aromatic nitrogens is 2. The maximum absolute atomic E-state index is 13.5. The Labute approximate surface area is 333 Å². The van der Waals surface area contributed by atoms with Gasteiger partial charge < -0.3 is 39.3 Å². The highest BCUT2D eigenvalue weighted by atomic mass is 17.0. The first-order valence-corrected chi connectivity index (χ1v) is 18.2. The van der Waals surface area contributed by atoms with E-state index in [1.165, 1.54) is 31.2 Å². The van der Waals surface area contributed by atoms with E-state index in [4.69, 9.17) is 25.8 Å². The zero-order chi connectivity index (χ0) is 42.4. The van der Waals surface area contributed by atoms with Crippen LogP contribution in [0, 0.1) is 20.2 Å². The molecule has 0 fully saturated rings. The van der Waals surface area contributed by atoms with Gasteiger partial charge in [-0.2, -0.15) is 5.12 Å². The van der Waals surface area contributed by atoms with Gasteiger partial charge in [0.15, 0.2) is 11.5 Å². The van der Waals surface area contributed by atoms with Crippen LogP contribution >= 0.6 is 0 Å². The third-order valence-electron chi connectivity index (χ3n) is 8.39. The molecule has 0 amide bonds. The average Bonchev–Trinajstić information content (AvgIpc) is 3.54. The van der Waals surface area contributed by atoms with Crippen LogP contribution in [-0.4, -0.2) is 67.4 Å². The van der Waals surface area contributed by atoms with Crippen LogP contribution in [0.1, 0.15) is 85.7 Å². The number of carbonyl (C=O) groups excluding carboxylic acids is 2. The molecule has 1 heterocycles. The molecular weight excluding hydrogens is 760 g/mol. The van der Waals surface area contributed by atoms with Gasteiger partial charge in [-0.25, -0.2) is 20.4 Å². The van der Waals surface area contributed by atoms with Crippen molar-refractivity contribution in [3.8, 4) is 16.9 Å². The first-order valence-electron chi connectivity index (χ1n) is 18.2. The molecule has 1 aromatic heterocycles. The van der Waals surface area contributed by atoms with Crippen LogP contribution in [0.15, 0.2) is 77.9 Å². The van der Waals surface area contributed by atoms with Gasteiger partial charge in [-0.15, -0.1) is 25.3 Å². The molecule has 0 saturated heterocycles. The molecule has 1 unspecified atom stereocenters. The summed E-state index contributed by atoms with van der Waals surface area (Å²) in [4.78, 5) is 60.0. The molecule has 310 valence electrons. The number of nitrogens with zero attached hydrogens (tertiary/aromatic N) is 6. The minimum Gasteiger partial charge on any atom is -0.461 e. The number of nitrogens with two attached hydrogens (primary N) is 2. The monoisotopic (exact) mass is 806 g/mol. The second-order valence-corrected chi connectivity index (χ2v) is 13.3. The summed E-state index contributed by atoms with van der Waals surface area (Å²) in [7, 11) is 0. The number of ether oxygens (including phenoxy) is 3. The summed E-state index contributed by atoms with van der Waals surface area (Å²) in [5.41, 5.74) is 8.58. The van der Waals surface area contributed by atoms with Gasteiger partial charge in [-0.1, -0.05) is 67.6 Å². The summed E-state index contributed by atoms with van der Waals surface area (Å²) in [6, 6.07) is 20.5. The molecule has 20 nitrogen and oxygen atoms in total. The standard InChI is InChI=1S/C38H46N8O12/c1-5-10-32-41-34(38(3,4)49)33(36(47)54-21-8-9-22-55-45(50)51)43(32)23-26-13-17-28(18-14-26)30-11-6-7-12-31(30)35(39)42-44(40)25(2)57-37(48)58-29-19-15-27(16-20-29)24-56-46(52)53/h6-7,11-20,25,49H,5,8-10,21-24,40H2,1-4H3,(H2,39,42). The van der Waals surface area contributed by atoms with Crippen molar-refractivity contribution in [2.24, 2.45) is 16.7 Å². The smallest absolute Gasteiger partial charge is 0.461 e. The molecule has 1 atom stereocenters. The predicted molar refractivity (Wildman–Crippen MR) is 206 cm³/mol. The van der Waals surface area contributed by atoms with Crippen LogP contribution in [0.4, 0.5) is 4.79 Å². The van der Waals surface area contributed by atoms with Crippen LogP contribution in [-0.2, 0) is 44.3 Å². The van der Waals surface area contributed by atoms with E-state index in [2.05, 4.69) is 19.8 Å². The fourth-order valence-corrected chi connectivity index (χ4v) is 5.58. The maximum atomic E-state index is 13.5. The molecule has 20 heteroatoms. The fourth-order valence-electron chi connectivity index (χ4n) is 5.58. The molecule has 0 aliphatic heterocycles. The first kappa shape index (κ1) is 43.9. The number of imidazole rings is 1. The number of benzene rings is 3. The SMILES string of the molecule is CCCc1nc(C(C)(C)O)c(C(=O)OCCCCO[N+](=O)[O-])n1Cc1ccc(-c2ccccc2/C(N)=N/N(N)C(C)OC(=O)Oc2ccc(CO[N+](=O)[O-])cc2)cc1. The van der Waals surface area contributed by atoms with Gasteiger partial charge in [0.2, 0.25) is 6.23 Å². The molecule has 0 bridgehead atoms. The molecule has 0 saturated carbocycles. The number of amidine groups is 1. The van der Waals surface area contributed by atoms with Crippen molar-refractivity contribution in [2.45, 2.75) is 78.4 Å². The van der Waals surface area contributed by atoms with Crippen LogP contribution in [0.5, 0.6) is 5.75 Å². The summed E-state index contributed by atoms with van der Waals surface area (Å²) in [6.45, 7) is 6.36. The molecular formula is C38H46N8O12. The quantitative estimate of drug-likeness (QED) is 0.0115. The van der Waals surface area contributed by atoms with Gasteiger partial charge in [0.1, 0.15) is 29.5 Å². The normalized spacial score (nSPS) is 12.0. The number of hydrogen-bond donors (Lipinski definition) is 3. The zero-order valence-corrected chi connectivity index (χ0v) is 32.4. The number of hydrazine groups is 1. The fraction of sp³-hybridized carbons (Fsp3) is 0.368. The van der Waals surface area contributed by atoms with Gasteiger partial charge >= 0.3 is 12.1 Å². The predicted octanol–water partition coefficient (Wildman–Crippen LogP) is 4.99. The van der Waals surface area contributed by atoms with Gasteiger partial charge in [-0.3, -0.25) is 0 Å². The third kappa shape index (κ3) is 12.6. The Morgan fingerprint density at radius 3 is 2.24 bits per heavy atom. The number of carbonyl (C=O) groups is 2. The van der Waals surface area contributed by atoms with E-state index >= 15 is 0 Å². The van der Waals surface area contributed by atoms with Crippen molar-refractivity contribution in [1.29, 1.82) is 0 Å². The van der Waals surface area contributed by atoms with Gasteiger partial charge in [0.05, 0.1) is 13.2 Å². The molecule has 0 radical (unpaired) electrons. The number of hydrazone groups is 1. The molecule has 5 N–H and O–H groups in total. The number of aryl methyl sites for hydroxylation is 1. The summed E-state index contributed by atoms with van der Waals surface area (Å²) < 4.78 is 17.7. The number of hydrogen-bond acceptors (Lipinski definition) is 16. The van der Waals surface area contributed by atoms with Crippen LogP contribution in [0.2, 0.25) is 0 Å². The Morgan fingerprint density at radius 2 is 1.60 bits per heavy atom. The lowest BCUT2D eigenvalue weighted by Gasteiger charge is -2.21. The first-order chi connectivity index (χ1) is 27.6. The Hall–Kier alpha value is -6.80. The van der Waals surface area contributed by atoms with Crippen molar-refractivity contribution >= 4 is 18.0 Å². The summed E-state index contributed by atoms with van der Waals surface area (Å²) in [5, 5.41) is 35.1. The van der Waals surface area contributed by atoms with E-state index in [-0.39, 0.29) is 49.3 Å². The van der Waals surface area contributed by atoms with Crippen LogP contribution < -0.4 is 16.3 Å². The van der Waals surface area contributed by atoms with E-state index in [1.807, 2.05) is 43.3 Å². The Bertz CT molecular complexity index is 2060. The van der Waals surface area contributed by atoms with Crippen molar-refractivity contribution in [3.05, 3.63) is 127 Å². The zero-order valence-electron chi connectivity index (χ0n) is 32.4. The Kier molecular flexibility index (Phi) is 15.4. The lowest BCUT2D eigenvalue weighted by Crippen LogP contribution is -2.40. The minimum atomic E-state index is -1.46. The maximum Gasteiger partial charge on any atom is 0.515 e. The van der Waals surface area contributed by atoms with E-state index in [9.17, 15) is 34.9 Å². The third-order valence-corrected chi connectivity index (χ3v) is 8.39. The van der Waals surface area contributed by atoms with E-state index in [0.29, 0.717) is 36.2 Å². The van der Waals surface area contributed by atoms with E-state index < -0.39 is 34.1 Å². The minimum absolute atomic E-state index is 0.00978. The van der Waals surface area contributed by atoms with E-state index in [1.54, 1.807) is 30.5 Å². The van der Waals surface area contributed by atoms with Gasteiger partial charge in [-0.05, 0) is 74.4 Å². The largest absolute Gasteiger partial charge is 0.515 e. The lowest BCUT2D eigenvalue weighted by molar-refractivity contribution is -0.763. The Balaban J connectivity index is 1.47. The van der Waals surface area contributed by atoms with Crippen molar-refractivity contribution in [1.82, 2.24) is 14.7 Å². The Morgan fingerprint density at radius 1 is 0.966 bits per heavy atom. The molecule has 4 aromatic rings. The highest BCUT2D eigenvalue weighted by molar-refractivity contribution is 6.03. The molecule has 3 aromatic carbocycles. The summed E-state index contributed by atoms with van der Waals surface area (Å²) in [5.74, 6) is 6.15. The highest BCUT2D eigenvalue weighted by Crippen LogP contribution is 2.29. The highest BCUT2D eigenvalue weighted by Gasteiger charge is 2.32. The summed E-state index contributed by atoms with van der Waals surface area (Å²) >= 11 is 0. The molecule has 4 rings (SSSR count). The summed E-state index contributed by atoms with van der Waals surface area (Å²) in [6.07, 6.45) is -0.296. The second-order valence-electron chi connectivity index (χ2n) is 13.3. The topological polar surface area (TPSA) is 272 Å². The van der Waals surface area contributed by atoms with Crippen molar-refractivity contribution in [2.75, 3.05) is 13.2 Å². The van der Waals surface area contributed by atoms with Gasteiger partial charge in [0, 0.05) is 18.5 Å². The molecule has 0 spiro atoms. The molecule has 0 aliphatic carbocycles.